The molecule has 1 saturated heterocycles. The lowest BCUT2D eigenvalue weighted by Crippen LogP contribution is -2.54. The number of rotatable bonds is 11. The fraction of sp³-hybridized carbons (Fsp3) is 0.875. The van der Waals surface area contributed by atoms with Crippen LogP contribution in [0, 0.1) is 11.8 Å². The highest BCUT2D eigenvalue weighted by Gasteiger charge is 2.47. The van der Waals surface area contributed by atoms with E-state index in [0.29, 0.717) is 13.0 Å². The number of carbonyl (C=O) groups excluding carboxylic acids is 3. The van der Waals surface area contributed by atoms with Crippen LogP contribution in [0.1, 0.15) is 94.9 Å². The van der Waals surface area contributed by atoms with Crippen molar-refractivity contribution in [3.05, 3.63) is 0 Å². The molecule has 31 heavy (non-hydrogen) atoms. The number of nitrogens with zero attached hydrogens (tertiary/aromatic N) is 1. The third kappa shape index (κ3) is 8.59. The highest BCUT2D eigenvalue weighted by molar-refractivity contribution is 6.14. The molecule has 0 aliphatic carbocycles. The molecule has 1 heterocycles. The summed E-state index contributed by atoms with van der Waals surface area (Å²) in [5, 5.41) is 2.78. The van der Waals surface area contributed by atoms with E-state index < -0.39 is 16.7 Å². The first kappa shape index (κ1) is 27.7. The molecule has 0 bridgehead atoms. The number of imide groups is 1. The summed E-state index contributed by atoms with van der Waals surface area (Å²) < 4.78 is 6.04. The Balaban J connectivity index is 2.72. The van der Waals surface area contributed by atoms with Gasteiger partial charge < -0.3 is 10.1 Å². The minimum atomic E-state index is -0.878. The van der Waals surface area contributed by atoms with Gasteiger partial charge in [0, 0.05) is 30.9 Å². The normalized spacial score (nSPS) is 18.8. The van der Waals surface area contributed by atoms with E-state index in [9.17, 15) is 14.4 Å². The maximum Gasteiger partial charge on any atom is 0.233 e. The fourth-order valence-corrected chi connectivity index (χ4v) is 4.46. The van der Waals surface area contributed by atoms with E-state index in [4.69, 9.17) is 12.6 Å². The van der Waals surface area contributed by atoms with Gasteiger partial charge in [-0.15, -0.1) is 0 Å². The summed E-state index contributed by atoms with van der Waals surface area (Å²) in [4.78, 5) is 39.5. The fourth-order valence-electron chi connectivity index (χ4n) is 4.46. The van der Waals surface area contributed by atoms with E-state index in [0.717, 1.165) is 6.42 Å². The van der Waals surface area contributed by atoms with Crippen molar-refractivity contribution in [1.29, 1.82) is 0 Å². The predicted octanol–water partition coefficient (Wildman–Crippen LogP) is 4.02. The summed E-state index contributed by atoms with van der Waals surface area (Å²) in [5.74, 6) is -0.769. The van der Waals surface area contributed by atoms with Crippen LogP contribution < -0.4 is 5.32 Å². The van der Waals surface area contributed by atoms with E-state index in [1.165, 1.54) is 4.90 Å². The molecule has 1 aliphatic heterocycles. The molecule has 1 N–H and O–H groups in total. The highest BCUT2D eigenvalue weighted by atomic mass is 16.5. The zero-order valence-corrected chi connectivity index (χ0v) is 21.3. The van der Waals surface area contributed by atoms with Crippen LogP contribution in [0.3, 0.4) is 0 Å². The van der Waals surface area contributed by atoms with Crippen molar-refractivity contribution in [2.75, 3.05) is 6.61 Å². The van der Waals surface area contributed by atoms with Gasteiger partial charge in [0.15, 0.2) is 0 Å². The Labute approximate surface area is 190 Å². The van der Waals surface area contributed by atoms with Crippen LogP contribution in [0.25, 0.3) is 0 Å². The second-order valence-electron chi connectivity index (χ2n) is 12.1. The average molecular weight is 434 g/mol. The molecular formula is C24H43BN2O4. The third-order valence-electron chi connectivity index (χ3n) is 5.77. The Kier molecular flexibility index (Phi) is 8.60. The highest BCUT2D eigenvalue weighted by Crippen LogP contribution is 2.34. The quantitative estimate of drug-likeness (QED) is 0.394. The SMILES string of the molecule is [B]C(C)(C)CCOC(C)(C)CC(C)(C)NC(=O)CC(C)(C)N1C(=O)CC(C(C)C)C1=O. The molecule has 0 saturated carbocycles. The predicted molar refractivity (Wildman–Crippen MR) is 125 cm³/mol. The minimum absolute atomic E-state index is 0.0569. The lowest BCUT2D eigenvalue weighted by atomic mass is 9.70. The van der Waals surface area contributed by atoms with Crippen LogP contribution >= 0.6 is 0 Å². The second kappa shape index (κ2) is 9.64. The number of likely N-dealkylation sites (tertiary alicyclic amines) is 1. The van der Waals surface area contributed by atoms with Crippen LogP contribution in [0.2, 0.25) is 5.31 Å². The van der Waals surface area contributed by atoms with E-state index in [2.05, 4.69) is 5.32 Å². The maximum atomic E-state index is 12.9. The van der Waals surface area contributed by atoms with E-state index >= 15 is 0 Å². The van der Waals surface area contributed by atoms with Gasteiger partial charge in [0.05, 0.1) is 19.0 Å². The third-order valence-corrected chi connectivity index (χ3v) is 5.77. The van der Waals surface area contributed by atoms with Crippen molar-refractivity contribution in [3.8, 4) is 0 Å². The van der Waals surface area contributed by atoms with E-state index in [1.807, 2.05) is 55.4 Å². The van der Waals surface area contributed by atoms with Crippen LogP contribution in [0.4, 0.5) is 0 Å². The zero-order chi connectivity index (χ0) is 24.4. The van der Waals surface area contributed by atoms with Gasteiger partial charge in [-0.1, -0.05) is 33.0 Å². The van der Waals surface area contributed by atoms with Crippen molar-refractivity contribution in [3.63, 3.8) is 0 Å². The molecule has 3 amide bonds. The first-order valence-electron chi connectivity index (χ1n) is 11.4. The molecule has 1 aliphatic rings. The van der Waals surface area contributed by atoms with Gasteiger partial charge in [-0.25, -0.2) is 0 Å². The molecule has 0 aromatic carbocycles. The molecule has 7 heteroatoms. The second-order valence-corrected chi connectivity index (χ2v) is 12.1. The average Bonchev–Trinajstić information content (AvgIpc) is 2.78. The topological polar surface area (TPSA) is 75.7 Å². The van der Waals surface area contributed by atoms with E-state index in [-0.39, 0.29) is 47.7 Å². The van der Waals surface area contributed by atoms with Crippen LogP contribution in [-0.2, 0) is 19.1 Å². The standard InChI is InChI=1S/C24H43BN2O4/c1-16(2)17-13-19(29)27(20(17)30)23(7,8)14-18(28)26-22(5,6)15-24(9,10)31-12-11-21(3,4)25/h16-17H,11-15H2,1-10H3,(H,26,28). The van der Waals surface area contributed by atoms with Gasteiger partial charge in [0.1, 0.15) is 0 Å². The lowest BCUT2D eigenvalue weighted by Gasteiger charge is -2.38. The van der Waals surface area contributed by atoms with Gasteiger partial charge in [-0.05, 0) is 60.3 Å². The molecule has 2 radical (unpaired) electrons. The van der Waals surface area contributed by atoms with Crippen LogP contribution in [0.15, 0.2) is 0 Å². The molecule has 1 fully saturated rings. The first-order valence-corrected chi connectivity index (χ1v) is 11.4. The Bertz CT molecular complexity index is 678. The molecule has 0 spiro atoms. The van der Waals surface area contributed by atoms with Gasteiger partial charge in [0.2, 0.25) is 17.7 Å². The maximum absolute atomic E-state index is 12.9. The monoisotopic (exact) mass is 434 g/mol. The van der Waals surface area contributed by atoms with Crippen molar-refractivity contribution in [2.45, 2.75) is 117 Å². The number of nitrogens with one attached hydrogen (secondary N) is 1. The Morgan fingerprint density at radius 2 is 1.68 bits per heavy atom. The summed E-state index contributed by atoms with van der Waals surface area (Å²) in [6.07, 6.45) is 1.63. The summed E-state index contributed by atoms with van der Waals surface area (Å²) >= 11 is 0. The summed E-state index contributed by atoms with van der Waals surface area (Å²) in [7, 11) is 6.02. The Morgan fingerprint density at radius 3 is 2.13 bits per heavy atom. The Morgan fingerprint density at radius 1 is 1.13 bits per heavy atom. The van der Waals surface area contributed by atoms with E-state index in [1.54, 1.807) is 13.8 Å². The van der Waals surface area contributed by atoms with Gasteiger partial charge in [-0.3, -0.25) is 19.3 Å². The summed E-state index contributed by atoms with van der Waals surface area (Å²) in [5.41, 5.74) is -1.84. The van der Waals surface area contributed by atoms with Crippen molar-refractivity contribution in [2.24, 2.45) is 11.8 Å². The number of hydrogen-bond donors (Lipinski definition) is 1. The molecule has 1 unspecified atom stereocenters. The number of amides is 3. The molecule has 1 atom stereocenters. The first-order chi connectivity index (χ1) is 13.8. The van der Waals surface area contributed by atoms with Crippen LogP contribution in [-0.4, -0.2) is 53.8 Å². The number of hydrogen-bond acceptors (Lipinski definition) is 4. The largest absolute Gasteiger partial charge is 0.375 e. The molecule has 0 aromatic heterocycles. The van der Waals surface area contributed by atoms with Crippen molar-refractivity contribution >= 4 is 25.6 Å². The molecular weight excluding hydrogens is 391 g/mol. The van der Waals surface area contributed by atoms with Crippen LogP contribution in [0.5, 0.6) is 0 Å². The number of ether oxygens (including phenoxy) is 1. The van der Waals surface area contributed by atoms with Crippen molar-refractivity contribution in [1.82, 2.24) is 10.2 Å². The smallest absolute Gasteiger partial charge is 0.233 e. The molecule has 0 aromatic rings. The lowest BCUT2D eigenvalue weighted by molar-refractivity contribution is -0.147. The summed E-state index contributed by atoms with van der Waals surface area (Å²) in [6, 6.07) is 0. The van der Waals surface area contributed by atoms with Gasteiger partial charge in [0.25, 0.3) is 0 Å². The zero-order valence-electron chi connectivity index (χ0n) is 21.3. The molecule has 176 valence electrons. The number of carbonyl (C=O) groups is 3. The minimum Gasteiger partial charge on any atom is -0.375 e. The van der Waals surface area contributed by atoms with Gasteiger partial charge >= 0.3 is 0 Å². The summed E-state index contributed by atoms with van der Waals surface area (Å²) in [6.45, 7) is 19.8. The Hall–Kier alpha value is -1.37. The van der Waals surface area contributed by atoms with Crippen molar-refractivity contribution < 1.29 is 19.1 Å². The van der Waals surface area contributed by atoms with Gasteiger partial charge in [-0.2, -0.15) is 0 Å². The molecule has 1 rings (SSSR count). The molecule has 6 nitrogen and oxygen atoms in total.